The third-order valence-corrected chi connectivity index (χ3v) is 4.39. The van der Waals surface area contributed by atoms with Crippen molar-refractivity contribution in [3.8, 4) is 0 Å². The molecule has 0 aliphatic heterocycles. The van der Waals surface area contributed by atoms with Crippen LogP contribution in [0.25, 0.3) is 0 Å². The van der Waals surface area contributed by atoms with Crippen LogP contribution in [-0.4, -0.2) is 16.1 Å². The summed E-state index contributed by atoms with van der Waals surface area (Å²) in [6.07, 6.45) is 2.36. The Labute approximate surface area is 134 Å². The summed E-state index contributed by atoms with van der Waals surface area (Å²) in [6, 6.07) is 13.7. The molecule has 1 aromatic carbocycles. The Morgan fingerprint density at radius 2 is 1.91 bits per heavy atom. The second kappa shape index (κ2) is 5.58. The zero-order chi connectivity index (χ0) is 15.7. The second-order valence-electron chi connectivity index (χ2n) is 5.69. The monoisotopic (exact) mass is 313 g/mol. The van der Waals surface area contributed by atoms with Crippen molar-refractivity contribution in [2.75, 3.05) is 0 Å². The van der Waals surface area contributed by atoms with Crippen molar-refractivity contribution in [3.05, 3.63) is 76.6 Å². The smallest absolute Gasteiger partial charge is 0.331 e. The van der Waals surface area contributed by atoms with Gasteiger partial charge in [-0.25, -0.2) is 4.79 Å². The number of rotatable bonds is 5. The Balaban J connectivity index is 1.90. The summed E-state index contributed by atoms with van der Waals surface area (Å²) >= 11 is 5.96. The SMILES string of the molecule is C=C(Cc1cccc(C2(c3ccc(Cl)cc3)CC2)n1)C(=O)O. The largest absolute Gasteiger partial charge is 0.478 e. The van der Waals surface area contributed by atoms with Crippen LogP contribution in [-0.2, 0) is 16.6 Å². The van der Waals surface area contributed by atoms with Gasteiger partial charge in [0.2, 0.25) is 0 Å². The maximum atomic E-state index is 10.9. The molecule has 112 valence electrons. The highest BCUT2D eigenvalue weighted by molar-refractivity contribution is 6.30. The van der Waals surface area contributed by atoms with Crippen LogP contribution in [0, 0.1) is 0 Å². The lowest BCUT2D eigenvalue weighted by atomic mass is 9.91. The average molecular weight is 314 g/mol. The predicted octanol–water partition coefficient (Wildman–Crippen LogP) is 4.00. The van der Waals surface area contributed by atoms with E-state index in [2.05, 4.69) is 11.6 Å². The molecule has 1 aromatic heterocycles. The molecule has 1 aliphatic rings. The van der Waals surface area contributed by atoms with Crippen LogP contribution in [0.15, 0.2) is 54.6 Å². The molecule has 22 heavy (non-hydrogen) atoms. The zero-order valence-electron chi connectivity index (χ0n) is 12.1. The normalized spacial score (nSPS) is 15.3. The van der Waals surface area contributed by atoms with Crippen molar-refractivity contribution in [2.45, 2.75) is 24.7 Å². The summed E-state index contributed by atoms with van der Waals surface area (Å²) in [7, 11) is 0. The van der Waals surface area contributed by atoms with Crippen molar-refractivity contribution in [1.82, 2.24) is 4.98 Å². The summed E-state index contributed by atoms with van der Waals surface area (Å²) in [4.78, 5) is 15.6. The zero-order valence-corrected chi connectivity index (χ0v) is 12.8. The van der Waals surface area contributed by atoms with Gasteiger partial charge in [0.1, 0.15) is 0 Å². The fourth-order valence-corrected chi connectivity index (χ4v) is 2.85. The number of halogens is 1. The van der Waals surface area contributed by atoms with E-state index in [9.17, 15) is 4.79 Å². The molecule has 0 bridgehead atoms. The summed E-state index contributed by atoms with van der Waals surface area (Å²) in [5, 5.41) is 9.67. The minimum absolute atomic E-state index is 0.0504. The van der Waals surface area contributed by atoms with Crippen molar-refractivity contribution < 1.29 is 9.90 Å². The van der Waals surface area contributed by atoms with E-state index in [4.69, 9.17) is 16.7 Å². The highest BCUT2D eigenvalue weighted by Crippen LogP contribution is 2.52. The van der Waals surface area contributed by atoms with Crippen molar-refractivity contribution in [3.63, 3.8) is 0 Å². The van der Waals surface area contributed by atoms with E-state index in [1.165, 1.54) is 5.56 Å². The Morgan fingerprint density at radius 1 is 1.23 bits per heavy atom. The number of carboxylic acid groups (broad SMARTS) is 1. The third-order valence-electron chi connectivity index (χ3n) is 4.14. The molecule has 0 unspecified atom stereocenters. The Bertz CT molecular complexity index is 733. The topological polar surface area (TPSA) is 50.2 Å². The van der Waals surface area contributed by atoms with Crippen molar-refractivity contribution in [1.29, 1.82) is 0 Å². The van der Waals surface area contributed by atoms with E-state index >= 15 is 0 Å². The van der Waals surface area contributed by atoms with E-state index in [1.807, 2.05) is 42.5 Å². The van der Waals surface area contributed by atoms with Crippen molar-refractivity contribution in [2.24, 2.45) is 0 Å². The van der Waals surface area contributed by atoms with Gasteiger partial charge in [-0.1, -0.05) is 36.4 Å². The van der Waals surface area contributed by atoms with E-state index in [0.717, 1.165) is 29.3 Å². The van der Waals surface area contributed by atoms with Crippen LogP contribution in [0.1, 0.15) is 29.8 Å². The molecule has 0 spiro atoms. The lowest BCUT2D eigenvalue weighted by Gasteiger charge is -2.16. The number of hydrogen-bond donors (Lipinski definition) is 1. The molecular weight excluding hydrogens is 298 g/mol. The molecule has 1 heterocycles. The van der Waals surface area contributed by atoms with E-state index < -0.39 is 5.97 Å². The fraction of sp³-hybridized carbons (Fsp3) is 0.222. The summed E-state index contributed by atoms with van der Waals surface area (Å²) in [5.74, 6) is -0.981. The maximum absolute atomic E-state index is 10.9. The third kappa shape index (κ3) is 2.77. The van der Waals surface area contributed by atoms with Gasteiger partial charge < -0.3 is 5.11 Å². The van der Waals surface area contributed by atoms with Crippen LogP contribution < -0.4 is 0 Å². The van der Waals surface area contributed by atoms with Crippen LogP contribution in [0.3, 0.4) is 0 Å². The molecule has 1 aliphatic carbocycles. The molecular formula is C18H16ClNO2. The van der Waals surface area contributed by atoms with Crippen LogP contribution >= 0.6 is 11.6 Å². The van der Waals surface area contributed by atoms with E-state index in [0.29, 0.717) is 0 Å². The van der Waals surface area contributed by atoms with Gasteiger partial charge in [-0.3, -0.25) is 4.98 Å². The highest BCUT2D eigenvalue weighted by atomic mass is 35.5. The number of carboxylic acids is 1. The molecule has 1 N–H and O–H groups in total. The molecule has 1 saturated carbocycles. The average Bonchev–Trinajstić information content (AvgIpc) is 3.30. The standard InChI is InChI=1S/C18H16ClNO2/c1-12(17(21)22)11-15-3-2-4-16(20-15)18(9-10-18)13-5-7-14(19)8-6-13/h2-8H,1,9-11H2,(H,21,22). The van der Waals surface area contributed by atoms with Crippen LogP contribution in [0.4, 0.5) is 0 Å². The first kappa shape index (κ1) is 14.8. The number of benzene rings is 1. The molecule has 0 saturated heterocycles. The number of carbonyl (C=O) groups is 1. The lowest BCUT2D eigenvalue weighted by molar-refractivity contribution is -0.132. The van der Waals surface area contributed by atoms with Gasteiger partial charge >= 0.3 is 5.97 Å². The van der Waals surface area contributed by atoms with Crippen LogP contribution in [0.5, 0.6) is 0 Å². The van der Waals surface area contributed by atoms with Gasteiger partial charge in [0.15, 0.2) is 0 Å². The van der Waals surface area contributed by atoms with Crippen LogP contribution in [0.2, 0.25) is 5.02 Å². The maximum Gasteiger partial charge on any atom is 0.331 e. The minimum Gasteiger partial charge on any atom is -0.478 e. The number of hydrogen-bond acceptors (Lipinski definition) is 2. The number of aromatic nitrogens is 1. The van der Waals surface area contributed by atoms with E-state index in [-0.39, 0.29) is 17.4 Å². The van der Waals surface area contributed by atoms with Gasteiger partial charge in [-0.05, 0) is 42.7 Å². The number of aliphatic carboxylic acids is 1. The number of pyridine rings is 1. The fourth-order valence-electron chi connectivity index (χ4n) is 2.73. The predicted molar refractivity (Wildman–Crippen MR) is 86.2 cm³/mol. The molecule has 3 rings (SSSR count). The molecule has 0 amide bonds. The van der Waals surface area contributed by atoms with Gasteiger partial charge in [-0.2, -0.15) is 0 Å². The lowest BCUT2D eigenvalue weighted by Crippen LogP contribution is -2.12. The Kier molecular flexibility index (Phi) is 3.75. The number of nitrogens with zero attached hydrogens (tertiary/aromatic N) is 1. The Hall–Kier alpha value is -2.13. The van der Waals surface area contributed by atoms with Gasteiger partial charge in [0.25, 0.3) is 0 Å². The summed E-state index contributed by atoms with van der Waals surface area (Å²) < 4.78 is 0. The van der Waals surface area contributed by atoms with Gasteiger partial charge in [-0.15, -0.1) is 0 Å². The highest BCUT2D eigenvalue weighted by Gasteiger charge is 2.47. The molecule has 0 atom stereocenters. The first-order chi connectivity index (χ1) is 10.5. The molecule has 2 aromatic rings. The van der Waals surface area contributed by atoms with E-state index in [1.54, 1.807) is 0 Å². The molecule has 3 nitrogen and oxygen atoms in total. The second-order valence-corrected chi connectivity index (χ2v) is 6.13. The van der Waals surface area contributed by atoms with Crippen molar-refractivity contribution >= 4 is 17.6 Å². The Morgan fingerprint density at radius 3 is 2.50 bits per heavy atom. The first-order valence-electron chi connectivity index (χ1n) is 7.15. The molecule has 4 heteroatoms. The molecule has 0 radical (unpaired) electrons. The minimum atomic E-state index is -0.981. The summed E-state index contributed by atoms with van der Waals surface area (Å²) in [5.41, 5.74) is 3.04. The first-order valence-corrected chi connectivity index (χ1v) is 7.53. The summed E-state index contributed by atoms with van der Waals surface area (Å²) in [6.45, 7) is 3.57. The molecule has 1 fully saturated rings. The van der Waals surface area contributed by atoms with Gasteiger partial charge in [0, 0.05) is 28.1 Å². The quantitative estimate of drug-likeness (QED) is 0.849. The van der Waals surface area contributed by atoms with Gasteiger partial charge in [0.05, 0.1) is 5.69 Å².